The quantitative estimate of drug-likeness (QED) is 0.601. The number of nitrogens with one attached hydrogen (secondary N) is 2. The Morgan fingerprint density at radius 2 is 1.62 bits per heavy atom. The van der Waals surface area contributed by atoms with E-state index in [0.717, 1.165) is 29.7 Å². The molecule has 6 heteroatoms. The standard InChI is InChI=1S/C26H25N3O3/c30-24(28-23-9-4-6-19(16-23)18-29-15-5-10-25(29)31)17-27-26(32)22-13-11-21(12-14-22)20-7-2-1-3-8-20/h1-4,6-9,11-14,16H,5,10,15,17-18H2,(H,27,32)(H,28,30). The fourth-order valence-electron chi connectivity index (χ4n) is 3.75. The SMILES string of the molecule is O=C(CNC(=O)c1ccc(-c2ccccc2)cc1)Nc1cccc(CN2CCCC2=O)c1. The van der Waals surface area contributed by atoms with Gasteiger partial charge in [0, 0.05) is 30.8 Å². The molecule has 1 fully saturated rings. The number of hydrogen-bond donors (Lipinski definition) is 2. The molecule has 162 valence electrons. The summed E-state index contributed by atoms with van der Waals surface area (Å²) in [6.45, 7) is 1.18. The molecule has 0 bridgehead atoms. The van der Waals surface area contributed by atoms with Crippen LogP contribution in [-0.4, -0.2) is 35.7 Å². The van der Waals surface area contributed by atoms with Gasteiger partial charge in [-0.2, -0.15) is 0 Å². The monoisotopic (exact) mass is 427 g/mol. The molecule has 0 aromatic heterocycles. The van der Waals surface area contributed by atoms with Gasteiger partial charge in [0.05, 0.1) is 6.54 Å². The van der Waals surface area contributed by atoms with Crippen LogP contribution < -0.4 is 10.6 Å². The summed E-state index contributed by atoms with van der Waals surface area (Å²) < 4.78 is 0. The van der Waals surface area contributed by atoms with Crippen LogP contribution in [-0.2, 0) is 16.1 Å². The van der Waals surface area contributed by atoms with Crippen LogP contribution in [0, 0.1) is 0 Å². The highest BCUT2D eigenvalue weighted by atomic mass is 16.2. The van der Waals surface area contributed by atoms with E-state index in [4.69, 9.17) is 0 Å². The Labute approximate surface area is 187 Å². The van der Waals surface area contributed by atoms with Gasteiger partial charge < -0.3 is 15.5 Å². The van der Waals surface area contributed by atoms with Crippen LogP contribution >= 0.6 is 0 Å². The average molecular weight is 428 g/mol. The van der Waals surface area contributed by atoms with Crippen molar-refractivity contribution in [3.63, 3.8) is 0 Å². The van der Waals surface area contributed by atoms with Gasteiger partial charge in [0.1, 0.15) is 0 Å². The summed E-state index contributed by atoms with van der Waals surface area (Å²) in [5.41, 5.74) is 4.20. The molecule has 1 heterocycles. The predicted octanol–water partition coefficient (Wildman–Crippen LogP) is 3.84. The van der Waals surface area contributed by atoms with Crippen LogP contribution in [0.25, 0.3) is 11.1 Å². The van der Waals surface area contributed by atoms with Gasteiger partial charge in [0.25, 0.3) is 5.91 Å². The van der Waals surface area contributed by atoms with Gasteiger partial charge in [-0.15, -0.1) is 0 Å². The van der Waals surface area contributed by atoms with E-state index in [1.807, 2.05) is 65.6 Å². The Balaban J connectivity index is 1.29. The van der Waals surface area contributed by atoms with Crippen molar-refractivity contribution in [3.8, 4) is 11.1 Å². The van der Waals surface area contributed by atoms with Crippen molar-refractivity contribution in [2.24, 2.45) is 0 Å². The average Bonchev–Trinajstić information content (AvgIpc) is 3.22. The number of amides is 3. The molecule has 4 rings (SSSR count). The van der Waals surface area contributed by atoms with Crippen molar-refractivity contribution in [2.75, 3.05) is 18.4 Å². The maximum absolute atomic E-state index is 12.4. The molecule has 0 saturated carbocycles. The number of hydrogen-bond acceptors (Lipinski definition) is 3. The van der Waals surface area contributed by atoms with Crippen LogP contribution in [0.15, 0.2) is 78.9 Å². The van der Waals surface area contributed by atoms with E-state index in [0.29, 0.717) is 24.2 Å². The zero-order valence-corrected chi connectivity index (χ0v) is 17.7. The van der Waals surface area contributed by atoms with E-state index in [9.17, 15) is 14.4 Å². The van der Waals surface area contributed by atoms with Crippen LogP contribution in [0.2, 0.25) is 0 Å². The third-order valence-corrected chi connectivity index (χ3v) is 5.42. The summed E-state index contributed by atoms with van der Waals surface area (Å²) in [5.74, 6) is -0.450. The third kappa shape index (κ3) is 5.40. The molecule has 6 nitrogen and oxygen atoms in total. The molecule has 1 aliphatic rings. The highest BCUT2D eigenvalue weighted by Gasteiger charge is 2.20. The molecular formula is C26H25N3O3. The number of benzene rings is 3. The second-order valence-corrected chi connectivity index (χ2v) is 7.79. The lowest BCUT2D eigenvalue weighted by molar-refractivity contribution is -0.128. The Hall–Kier alpha value is -3.93. The molecule has 2 N–H and O–H groups in total. The Bertz CT molecular complexity index is 1110. The minimum Gasteiger partial charge on any atom is -0.343 e. The summed E-state index contributed by atoms with van der Waals surface area (Å²) in [7, 11) is 0. The first-order valence-corrected chi connectivity index (χ1v) is 10.7. The van der Waals surface area contributed by atoms with Crippen molar-refractivity contribution in [1.82, 2.24) is 10.2 Å². The van der Waals surface area contributed by atoms with Crippen LogP contribution in [0.1, 0.15) is 28.8 Å². The van der Waals surface area contributed by atoms with Crippen molar-refractivity contribution in [1.29, 1.82) is 0 Å². The van der Waals surface area contributed by atoms with Gasteiger partial charge in [-0.3, -0.25) is 14.4 Å². The normalized spacial score (nSPS) is 13.1. The van der Waals surface area contributed by atoms with Crippen molar-refractivity contribution in [2.45, 2.75) is 19.4 Å². The van der Waals surface area contributed by atoms with Crippen LogP contribution in [0.5, 0.6) is 0 Å². The zero-order chi connectivity index (χ0) is 22.3. The van der Waals surface area contributed by atoms with Gasteiger partial charge >= 0.3 is 0 Å². The molecule has 0 spiro atoms. The van der Waals surface area contributed by atoms with E-state index in [1.165, 1.54) is 0 Å². The molecule has 3 amide bonds. The van der Waals surface area contributed by atoms with E-state index in [-0.39, 0.29) is 24.3 Å². The van der Waals surface area contributed by atoms with Crippen LogP contribution in [0.3, 0.4) is 0 Å². The summed E-state index contributed by atoms with van der Waals surface area (Å²) in [6.07, 6.45) is 1.50. The molecule has 3 aromatic carbocycles. The number of anilines is 1. The van der Waals surface area contributed by atoms with Crippen LogP contribution in [0.4, 0.5) is 5.69 Å². The molecule has 0 aliphatic carbocycles. The number of carbonyl (C=O) groups is 3. The topological polar surface area (TPSA) is 78.5 Å². The number of rotatable bonds is 7. The van der Waals surface area contributed by atoms with E-state index < -0.39 is 0 Å². The molecule has 0 radical (unpaired) electrons. The first-order chi connectivity index (χ1) is 15.6. The number of likely N-dealkylation sites (tertiary alicyclic amines) is 1. The van der Waals surface area contributed by atoms with Gasteiger partial charge in [-0.1, -0.05) is 54.6 Å². The van der Waals surface area contributed by atoms with E-state index >= 15 is 0 Å². The Morgan fingerprint density at radius 3 is 2.34 bits per heavy atom. The minimum atomic E-state index is -0.311. The Morgan fingerprint density at radius 1 is 0.875 bits per heavy atom. The number of carbonyl (C=O) groups excluding carboxylic acids is 3. The first kappa shape index (κ1) is 21.3. The molecule has 1 saturated heterocycles. The molecular weight excluding hydrogens is 402 g/mol. The summed E-state index contributed by atoms with van der Waals surface area (Å²) in [5, 5.41) is 5.45. The van der Waals surface area contributed by atoms with Crippen molar-refractivity contribution >= 4 is 23.4 Å². The lowest BCUT2D eigenvalue weighted by Gasteiger charge is -2.16. The maximum Gasteiger partial charge on any atom is 0.251 e. The summed E-state index contributed by atoms with van der Waals surface area (Å²) >= 11 is 0. The highest BCUT2D eigenvalue weighted by molar-refractivity contribution is 5.99. The fraction of sp³-hybridized carbons (Fsp3) is 0.192. The minimum absolute atomic E-state index is 0.131. The predicted molar refractivity (Wildman–Crippen MR) is 124 cm³/mol. The van der Waals surface area contributed by atoms with Gasteiger partial charge in [-0.25, -0.2) is 0 Å². The van der Waals surface area contributed by atoms with E-state index in [1.54, 1.807) is 18.2 Å². The second-order valence-electron chi connectivity index (χ2n) is 7.79. The molecule has 0 atom stereocenters. The van der Waals surface area contributed by atoms with E-state index in [2.05, 4.69) is 10.6 Å². The lowest BCUT2D eigenvalue weighted by atomic mass is 10.0. The largest absolute Gasteiger partial charge is 0.343 e. The first-order valence-electron chi connectivity index (χ1n) is 10.7. The molecule has 0 unspecified atom stereocenters. The maximum atomic E-state index is 12.4. The molecule has 1 aliphatic heterocycles. The fourth-order valence-corrected chi connectivity index (χ4v) is 3.75. The third-order valence-electron chi connectivity index (χ3n) is 5.42. The van der Waals surface area contributed by atoms with Crippen molar-refractivity contribution < 1.29 is 14.4 Å². The highest BCUT2D eigenvalue weighted by Crippen LogP contribution is 2.19. The van der Waals surface area contributed by atoms with Gasteiger partial charge in [0.2, 0.25) is 11.8 Å². The summed E-state index contributed by atoms with van der Waals surface area (Å²) in [4.78, 5) is 38.3. The number of nitrogens with zero attached hydrogens (tertiary/aromatic N) is 1. The summed E-state index contributed by atoms with van der Waals surface area (Å²) in [6, 6.07) is 24.6. The van der Waals surface area contributed by atoms with Gasteiger partial charge in [-0.05, 0) is 47.4 Å². The Kier molecular flexibility index (Phi) is 6.60. The van der Waals surface area contributed by atoms with Crippen molar-refractivity contribution in [3.05, 3.63) is 90.0 Å². The molecule has 32 heavy (non-hydrogen) atoms. The zero-order valence-electron chi connectivity index (χ0n) is 17.7. The molecule has 3 aromatic rings. The van der Waals surface area contributed by atoms with Gasteiger partial charge in [0.15, 0.2) is 0 Å². The lowest BCUT2D eigenvalue weighted by Crippen LogP contribution is -2.32. The second kappa shape index (κ2) is 9.92. The smallest absolute Gasteiger partial charge is 0.251 e.